The summed E-state index contributed by atoms with van der Waals surface area (Å²) >= 11 is 0. The van der Waals surface area contributed by atoms with E-state index in [-0.39, 0.29) is 11.6 Å². The number of carbonyl (C=O) groups excluding carboxylic acids is 2. The number of hydrogen-bond acceptors (Lipinski definition) is 4. The molecule has 120 valence electrons. The molecule has 1 aliphatic heterocycles. The summed E-state index contributed by atoms with van der Waals surface area (Å²) in [5, 5.41) is 8.64. The molecule has 1 aromatic heterocycles. The number of carbonyl (C=O) groups is 2. The summed E-state index contributed by atoms with van der Waals surface area (Å²) in [4.78, 5) is 23.6. The number of halogens is 2. The molecule has 7 nitrogen and oxygen atoms in total. The third-order valence-electron chi connectivity index (χ3n) is 3.21. The van der Waals surface area contributed by atoms with Crippen LogP contribution in [0.15, 0.2) is 30.5 Å². The van der Waals surface area contributed by atoms with Crippen molar-refractivity contribution in [3.63, 3.8) is 0 Å². The predicted octanol–water partition coefficient (Wildman–Crippen LogP) is 2.25. The average Bonchev–Trinajstić information content (AvgIpc) is 2.99. The lowest BCUT2D eigenvalue weighted by Crippen LogP contribution is -2.34. The molecule has 1 aromatic carbocycles. The first kappa shape index (κ1) is 14.9. The molecule has 0 fully saturated rings. The van der Waals surface area contributed by atoms with E-state index in [2.05, 4.69) is 15.7 Å². The van der Waals surface area contributed by atoms with Gasteiger partial charge in [-0.1, -0.05) is 0 Å². The summed E-state index contributed by atoms with van der Waals surface area (Å²) in [7, 11) is 0. The fourth-order valence-corrected chi connectivity index (χ4v) is 2.05. The minimum Gasteiger partial charge on any atom is -0.479 e. The first-order valence-corrected chi connectivity index (χ1v) is 6.70. The maximum absolute atomic E-state index is 12.4. The van der Waals surface area contributed by atoms with E-state index in [0.29, 0.717) is 21.8 Å². The Bertz CT molecular complexity index is 775. The van der Waals surface area contributed by atoms with Crippen molar-refractivity contribution in [3.8, 4) is 5.75 Å². The third-order valence-corrected chi connectivity index (χ3v) is 3.21. The molecule has 0 unspecified atom stereocenters. The Morgan fingerprint density at radius 1 is 1.43 bits per heavy atom. The molecule has 0 aliphatic carbocycles. The summed E-state index contributed by atoms with van der Waals surface area (Å²) in [6.45, 7) is -1.19. The molecule has 0 spiro atoms. The van der Waals surface area contributed by atoms with E-state index in [1.807, 2.05) is 0 Å². The molecule has 9 heteroatoms. The van der Waals surface area contributed by atoms with Crippen LogP contribution < -0.4 is 15.4 Å². The van der Waals surface area contributed by atoms with Crippen molar-refractivity contribution in [1.29, 1.82) is 0 Å². The highest BCUT2D eigenvalue weighted by Crippen LogP contribution is 2.32. The third kappa shape index (κ3) is 2.98. The average molecular weight is 322 g/mol. The zero-order valence-electron chi connectivity index (χ0n) is 11.9. The second kappa shape index (κ2) is 5.67. The Balaban J connectivity index is 1.76. The van der Waals surface area contributed by atoms with Crippen molar-refractivity contribution >= 4 is 23.2 Å². The van der Waals surface area contributed by atoms with Gasteiger partial charge in [-0.05, 0) is 31.2 Å². The van der Waals surface area contributed by atoms with Crippen LogP contribution in [-0.4, -0.2) is 27.7 Å². The number of nitrogens with one attached hydrogen (secondary N) is 2. The topological polar surface area (TPSA) is 85.2 Å². The number of nitrogens with zero attached hydrogens (tertiary/aromatic N) is 2. The van der Waals surface area contributed by atoms with Crippen LogP contribution in [0, 0.1) is 0 Å². The van der Waals surface area contributed by atoms with Crippen molar-refractivity contribution in [1.82, 2.24) is 9.78 Å². The van der Waals surface area contributed by atoms with Crippen LogP contribution >= 0.6 is 0 Å². The summed E-state index contributed by atoms with van der Waals surface area (Å²) in [5.74, 6) is -0.450. The molecule has 23 heavy (non-hydrogen) atoms. The van der Waals surface area contributed by atoms with Crippen molar-refractivity contribution in [2.75, 3.05) is 10.6 Å². The minimum atomic E-state index is -2.81. The molecule has 3 rings (SSSR count). The SMILES string of the molecule is C[C@H]1Oc2ccc(NC(=O)c3ccn(C(F)F)n3)cc2NC1=O. The number of ether oxygens (including phenoxy) is 1. The van der Waals surface area contributed by atoms with Crippen LogP contribution in [0.3, 0.4) is 0 Å². The molecule has 1 aliphatic rings. The second-order valence-corrected chi connectivity index (χ2v) is 4.87. The zero-order valence-corrected chi connectivity index (χ0v) is 11.9. The standard InChI is InChI=1S/C14H12F2N4O3/c1-7-12(21)18-10-6-8(2-3-11(10)23-7)17-13(22)9-4-5-20(19-9)14(15)16/h2-7,14H,1H3,(H,17,22)(H,18,21)/t7-/m1/s1. The minimum absolute atomic E-state index is 0.142. The summed E-state index contributed by atoms with van der Waals surface area (Å²) < 4.78 is 30.7. The van der Waals surface area contributed by atoms with Gasteiger partial charge in [-0.3, -0.25) is 9.59 Å². The molecule has 2 heterocycles. The van der Waals surface area contributed by atoms with Gasteiger partial charge in [-0.15, -0.1) is 0 Å². The van der Waals surface area contributed by atoms with Crippen LogP contribution in [0.25, 0.3) is 0 Å². The Labute approximate surface area is 129 Å². The van der Waals surface area contributed by atoms with E-state index >= 15 is 0 Å². The lowest BCUT2D eigenvalue weighted by atomic mass is 10.2. The fourth-order valence-electron chi connectivity index (χ4n) is 2.05. The summed E-state index contributed by atoms with van der Waals surface area (Å²) in [6, 6.07) is 5.87. The summed E-state index contributed by atoms with van der Waals surface area (Å²) in [5.41, 5.74) is 0.653. The molecule has 2 N–H and O–H groups in total. The van der Waals surface area contributed by atoms with Gasteiger partial charge in [-0.2, -0.15) is 13.9 Å². The smallest absolute Gasteiger partial charge is 0.333 e. The van der Waals surface area contributed by atoms with Crippen LogP contribution in [-0.2, 0) is 4.79 Å². The Morgan fingerprint density at radius 3 is 2.91 bits per heavy atom. The molecule has 0 bridgehead atoms. The normalized spacial score (nSPS) is 16.5. The lowest BCUT2D eigenvalue weighted by molar-refractivity contribution is -0.122. The van der Waals surface area contributed by atoms with Crippen LogP contribution in [0.5, 0.6) is 5.75 Å². The van der Waals surface area contributed by atoms with Crippen molar-refractivity contribution in [3.05, 3.63) is 36.2 Å². The van der Waals surface area contributed by atoms with E-state index in [1.165, 1.54) is 12.1 Å². The van der Waals surface area contributed by atoms with Crippen molar-refractivity contribution < 1.29 is 23.1 Å². The number of hydrogen-bond donors (Lipinski definition) is 2. The number of amides is 2. The van der Waals surface area contributed by atoms with Gasteiger partial charge in [0.2, 0.25) is 0 Å². The molecule has 1 atom stereocenters. The Hall–Kier alpha value is -2.97. The van der Waals surface area contributed by atoms with Gasteiger partial charge in [0, 0.05) is 11.9 Å². The van der Waals surface area contributed by atoms with Crippen molar-refractivity contribution in [2.45, 2.75) is 19.6 Å². The molecule has 0 saturated carbocycles. The molecule has 2 aromatic rings. The van der Waals surface area contributed by atoms with Gasteiger partial charge in [0.1, 0.15) is 5.75 Å². The molecule has 0 radical (unpaired) electrons. The Kier molecular flexibility index (Phi) is 3.68. The van der Waals surface area contributed by atoms with E-state index in [0.717, 1.165) is 6.20 Å². The molecule has 2 amide bonds. The zero-order chi connectivity index (χ0) is 16.6. The molecular weight excluding hydrogens is 310 g/mol. The van der Waals surface area contributed by atoms with Gasteiger partial charge >= 0.3 is 6.55 Å². The number of benzene rings is 1. The van der Waals surface area contributed by atoms with Crippen LogP contribution in [0.1, 0.15) is 24.0 Å². The maximum Gasteiger partial charge on any atom is 0.333 e. The first-order valence-electron chi connectivity index (χ1n) is 6.70. The monoisotopic (exact) mass is 322 g/mol. The summed E-state index contributed by atoms with van der Waals surface area (Å²) in [6.07, 6.45) is 0.420. The van der Waals surface area contributed by atoms with Gasteiger partial charge in [0.05, 0.1) is 5.69 Å². The molecule has 0 saturated heterocycles. The van der Waals surface area contributed by atoms with Crippen LogP contribution in [0.4, 0.5) is 20.2 Å². The second-order valence-electron chi connectivity index (χ2n) is 4.87. The predicted molar refractivity (Wildman–Crippen MR) is 76.6 cm³/mol. The number of alkyl halides is 2. The first-order chi connectivity index (χ1) is 10.9. The fraction of sp³-hybridized carbons (Fsp3) is 0.214. The number of fused-ring (bicyclic) bond motifs is 1. The Morgan fingerprint density at radius 2 is 2.22 bits per heavy atom. The quantitative estimate of drug-likeness (QED) is 0.907. The van der Waals surface area contributed by atoms with Crippen molar-refractivity contribution in [2.24, 2.45) is 0 Å². The van der Waals surface area contributed by atoms with Crippen LogP contribution in [0.2, 0.25) is 0 Å². The number of aromatic nitrogens is 2. The molecular formula is C14H12F2N4O3. The van der Waals surface area contributed by atoms with Gasteiger partial charge < -0.3 is 15.4 Å². The van der Waals surface area contributed by atoms with E-state index in [9.17, 15) is 18.4 Å². The van der Waals surface area contributed by atoms with E-state index in [1.54, 1.807) is 19.1 Å². The highest BCUT2D eigenvalue weighted by atomic mass is 19.3. The number of anilines is 2. The van der Waals surface area contributed by atoms with E-state index < -0.39 is 18.6 Å². The van der Waals surface area contributed by atoms with E-state index in [4.69, 9.17) is 4.74 Å². The lowest BCUT2D eigenvalue weighted by Gasteiger charge is -2.23. The largest absolute Gasteiger partial charge is 0.479 e. The highest BCUT2D eigenvalue weighted by Gasteiger charge is 2.24. The van der Waals surface area contributed by atoms with Gasteiger partial charge in [0.15, 0.2) is 11.8 Å². The highest BCUT2D eigenvalue weighted by molar-refractivity contribution is 6.04. The van der Waals surface area contributed by atoms with Gasteiger partial charge in [0.25, 0.3) is 11.8 Å². The number of rotatable bonds is 3. The maximum atomic E-state index is 12.4. The van der Waals surface area contributed by atoms with Gasteiger partial charge in [-0.25, -0.2) is 4.68 Å².